The third kappa shape index (κ3) is 4.62. The molecule has 0 saturated carbocycles. The van der Waals surface area contributed by atoms with Crippen molar-refractivity contribution in [3.8, 4) is 0 Å². The molecule has 1 fully saturated rings. The Hall–Kier alpha value is -0.320. The van der Waals surface area contributed by atoms with Crippen LogP contribution < -0.4 is 0 Å². The molecule has 0 aliphatic carbocycles. The van der Waals surface area contributed by atoms with Crippen molar-refractivity contribution in [2.75, 3.05) is 40.8 Å². The average Bonchev–Trinajstić information content (AvgIpc) is 2.42. The summed E-state index contributed by atoms with van der Waals surface area (Å²) in [5.41, 5.74) is 0. The van der Waals surface area contributed by atoms with E-state index < -0.39 is 30.7 Å². The van der Waals surface area contributed by atoms with E-state index in [1.54, 1.807) is 0 Å². The highest BCUT2D eigenvalue weighted by molar-refractivity contribution is 4.90. The molecule has 114 valence electrons. The Morgan fingerprint density at radius 1 is 1.00 bits per heavy atom. The van der Waals surface area contributed by atoms with Gasteiger partial charge in [0.1, 0.15) is 31.2 Å². The molecule has 1 aliphatic rings. The second kappa shape index (κ2) is 8.77. The lowest BCUT2D eigenvalue weighted by atomic mass is 9.99. The highest BCUT2D eigenvalue weighted by Crippen LogP contribution is 2.23. The number of aliphatic hydroxyl groups is 3. The average molecular weight is 282 g/mol. The van der Waals surface area contributed by atoms with Crippen molar-refractivity contribution in [1.82, 2.24) is 0 Å². The molecule has 1 heterocycles. The molecule has 5 atom stereocenters. The largest absolute Gasteiger partial charge is 0.387 e. The van der Waals surface area contributed by atoms with Crippen molar-refractivity contribution in [1.29, 1.82) is 0 Å². The lowest BCUT2D eigenvalue weighted by molar-refractivity contribution is -0.300. The van der Waals surface area contributed by atoms with Gasteiger partial charge in [-0.3, -0.25) is 0 Å². The molecule has 0 bridgehead atoms. The van der Waals surface area contributed by atoms with E-state index in [9.17, 15) is 10.2 Å². The van der Waals surface area contributed by atoms with Gasteiger partial charge in [-0.2, -0.15) is 0 Å². The van der Waals surface area contributed by atoms with Gasteiger partial charge in [0, 0.05) is 14.2 Å². The number of ether oxygens (including phenoxy) is 5. The Balaban J connectivity index is 2.44. The molecule has 0 spiro atoms. The van der Waals surface area contributed by atoms with Crippen LogP contribution in [0.5, 0.6) is 0 Å². The molecular weight excluding hydrogens is 260 g/mol. The number of rotatable bonds is 8. The van der Waals surface area contributed by atoms with Crippen LogP contribution in [0, 0.1) is 0 Å². The molecule has 3 N–H and O–H groups in total. The topological polar surface area (TPSA) is 107 Å². The van der Waals surface area contributed by atoms with E-state index in [2.05, 4.69) is 0 Å². The maximum Gasteiger partial charge on any atom is 0.186 e. The van der Waals surface area contributed by atoms with Gasteiger partial charge < -0.3 is 39.0 Å². The molecule has 0 aromatic carbocycles. The Bertz CT molecular complexity index is 239. The van der Waals surface area contributed by atoms with E-state index in [1.165, 1.54) is 14.2 Å². The first-order valence-electron chi connectivity index (χ1n) is 5.99. The predicted molar refractivity (Wildman–Crippen MR) is 62.3 cm³/mol. The molecule has 0 radical (unpaired) electrons. The first-order chi connectivity index (χ1) is 9.15. The summed E-state index contributed by atoms with van der Waals surface area (Å²) in [4.78, 5) is 0. The van der Waals surface area contributed by atoms with Crippen LogP contribution in [0.4, 0.5) is 0 Å². The van der Waals surface area contributed by atoms with Crippen molar-refractivity contribution in [2.45, 2.75) is 30.7 Å². The van der Waals surface area contributed by atoms with Crippen LogP contribution >= 0.6 is 0 Å². The van der Waals surface area contributed by atoms with Crippen LogP contribution in [-0.4, -0.2) is 86.9 Å². The van der Waals surface area contributed by atoms with Gasteiger partial charge in [-0.05, 0) is 0 Å². The lowest BCUT2D eigenvalue weighted by Crippen LogP contribution is -2.59. The monoisotopic (exact) mass is 282 g/mol. The van der Waals surface area contributed by atoms with Crippen molar-refractivity contribution < 1.29 is 39.0 Å². The molecule has 8 nitrogen and oxygen atoms in total. The smallest absolute Gasteiger partial charge is 0.186 e. The maximum atomic E-state index is 9.90. The second-order valence-corrected chi connectivity index (χ2v) is 4.07. The number of hydrogen-bond acceptors (Lipinski definition) is 8. The third-order valence-electron chi connectivity index (χ3n) is 2.89. The van der Waals surface area contributed by atoms with E-state index in [-0.39, 0.29) is 26.6 Å². The van der Waals surface area contributed by atoms with E-state index >= 15 is 0 Å². The summed E-state index contributed by atoms with van der Waals surface area (Å²) in [7, 11) is 2.79. The standard InChI is InChI=1S/C11H22O8/c1-15-10-7(5-17-3-4-18-6-12)19-11(16-2)9(14)8(10)13/h7-14H,3-6H2,1-2H3. The molecule has 0 aromatic rings. The number of hydrogen-bond donors (Lipinski definition) is 3. The summed E-state index contributed by atoms with van der Waals surface area (Å²) in [5, 5.41) is 28.1. The first kappa shape index (κ1) is 16.7. The van der Waals surface area contributed by atoms with Crippen LogP contribution in [0.3, 0.4) is 0 Å². The number of methoxy groups -OCH3 is 2. The van der Waals surface area contributed by atoms with Crippen LogP contribution in [0.25, 0.3) is 0 Å². The predicted octanol–water partition coefficient (Wildman–Crippen LogP) is -1.92. The Morgan fingerprint density at radius 3 is 2.26 bits per heavy atom. The molecular formula is C11H22O8. The fourth-order valence-corrected chi connectivity index (χ4v) is 1.91. The minimum Gasteiger partial charge on any atom is -0.387 e. The van der Waals surface area contributed by atoms with Gasteiger partial charge in [0.15, 0.2) is 6.29 Å². The third-order valence-corrected chi connectivity index (χ3v) is 2.89. The second-order valence-electron chi connectivity index (χ2n) is 4.07. The summed E-state index contributed by atoms with van der Waals surface area (Å²) in [6.45, 7) is 0.310. The van der Waals surface area contributed by atoms with Gasteiger partial charge in [-0.1, -0.05) is 0 Å². The van der Waals surface area contributed by atoms with Crippen LogP contribution in [0.2, 0.25) is 0 Å². The van der Waals surface area contributed by atoms with Crippen molar-refractivity contribution >= 4 is 0 Å². The summed E-state index contributed by atoms with van der Waals surface area (Å²) in [6.07, 6.45) is -4.50. The van der Waals surface area contributed by atoms with Crippen LogP contribution in [0.1, 0.15) is 0 Å². The van der Waals surface area contributed by atoms with E-state index in [0.717, 1.165) is 0 Å². The molecule has 8 heteroatoms. The zero-order chi connectivity index (χ0) is 14.3. The molecule has 0 amide bonds. The molecule has 1 aliphatic heterocycles. The minimum atomic E-state index is -1.18. The molecule has 1 saturated heterocycles. The van der Waals surface area contributed by atoms with Crippen LogP contribution in [0.15, 0.2) is 0 Å². The van der Waals surface area contributed by atoms with E-state index in [1.807, 2.05) is 0 Å². The van der Waals surface area contributed by atoms with Gasteiger partial charge in [0.25, 0.3) is 0 Å². The van der Waals surface area contributed by atoms with Crippen LogP contribution in [-0.2, 0) is 23.7 Å². The van der Waals surface area contributed by atoms with Gasteiger partial charge in [0.05, 0.1) is 19.8 Å². The molecule has 0 aromatic heterocycles. The van der Waals surface area contributed by atoms with Crippen molar-refractivity contribution in [3.63, 3.8) is 0 Å². The minimum absolute atomic E-state index is 0.150. The first-order valence-corrected chi connectivity index (χ1v) is 5.99. The number of aliphatic hydroxyl groups excluding tert-OH is 3. The molecule has 5 unspecified atom stereocenters. The maximum absolute atomic E-state index is 9.90. The van der Waals surface area contributed by atoms with E-state index in [0.29, 0.717) is 0 Å². The summed E-state index contributed by atoms with van der Waals surface area (Å²) >= 11 is 0. The summed E-state index contributed by atoms with van der Waals surface area (Å²) in [6, 6.07) is 0. The van der Waals surface area contributed by atoms with Crippen molar-refractivity contribution in [2.24, 2.45) is 0 Å². The molecule has 19 heavy (non-hydrogen) atoms. The highest BCUT2D eigenvalue weighted by Gasteiger charge is 2.45. The van der Waals surface area contributed by atoms with Crippen molar-refractivity contribution in [3.05, 3.63) is 0 Å². The van der Waals surface area contributed by atoms with Gasteiger partial charge in [0.2, 0.25) is 0 Å². The van der Waals surface area contributed by atoms with Gasteiger partial charge >= 0.3 is 0 Å². The van der Waals surface area contributed by atoms with Gasteiger partial charge in [-0.15, -0.1) is 0 Å². The fourth-order valence-electron chi connectivity index (χ4n) is 1.91. The molecule has 1 rings (SSSR count). The Labute approximate surface area is 111 Å². The normalized spacial score (nSPS) is 35.5. The summed E-state index contributed by atoms with van der Waals surface area (Å²) in [5.74, 6) is 0. The van der Waals surface area contributed by atoms with E-state index in [4.69, 9.17) is 28.8 Å². The zero-order valence-electron chi connectivity index (χ0n) is 11.1. The Kier molecular flexibility index (Phi) is 7.73. The highest BCUT2D eigenvalue weighted by atomic mass is 16.7. The van der Waals surface area contributed by atoms with Gasteiger partial charge in [-0.25, -0.2) is 0 Å². The zero-order valence-corrected chi connectivity index (χ0v) is 11.1. The summed E-state index contributed by atoms with van der Waals surface area (Å²) < 4.78 is 25.5. The Morgan fingerprint density at radius 2 is 1.68 bits per heavy atom. The lowest BCUT2D eigenvalue weighted by Gasteiger charge is -2.41. The quantitative estimate of drug-likeness (QED) is 0.349. The fraction of sp³-hybridized carbons (Fsp3) is 1.00. The SMILES string of the molecule is COC1OC(COCCOCO)C(OC)C(O)C1O.